The number of rotatable bonds is 6. The van der Waals surface area contributed by atoms with Gasteiger partial charge in [0.15, 0.2) is 11.5 Å². The molecule has 27 heavy (non-hydrogen) atoms. The molecular weight excluding hydrogens is 346 g/mol. The van der Waals surface area contributed by atoms with Crippen molar-refractivity contribution in [1.82, 2.24) is 14.5 Å². The van der Waals surface area contributed by atoms with E-state index in [-0.39, 0.29) is 0 Å². The second-order valence-electron chi connectivity index (χ2n) is 6.52. The average molecular weight is 369 g/mol. The van der Waals surface area contributed by atoms with E-state index in [1.165, 1.54) is 19.3 Å². The fourth-order valence-corrected chi connectivity index (χ4v) is 3.35. The van der Waals surface area contributed by atoms with Crippen molar-refractivity contribution in [3.05, 3.63) is 24.4 Å². The van der Waals surface area contributed by atoms with Gasteiger partial charge >= 0.3 is 0 Å². The Morgan fingerprint density at radius 2 is 1.78 bits per heavy atom. The molecule has 2 heterocycles. The second-order valence-corrected chi connectivity index (χ2v) is 6.52. The Labute approximate surface area is 157 Å². The predicted octanol–water partition coefficient (Wildman–Crippen LogP) is 3.51. The zero-order chi connectivity index (χ0) is 19.0. The first-order valence-electron chi connectivity index (χ1n) is 8.85. The topological polar surface area (TPSA) is 96.5 Å². The van der Waals surface area contributed by atoms with Crippen LogP contribution in [0.15, 0.2) is 24.4 Å². The van der Waals surface area contributed by atoms with Gasteiger partial charge < -0.3 is 29.8 Å². The third-order valence-corrected chi connectivity index (χ3v) is 4.99. The molecule has 1 aromatic carbocycles. The van der Waals surface area contributed by atoms with Crippen molar-refractivity contribution in [2.75, 3.05) is 32.4 Å². The van der Waals surface area contributed by atoms with Gasteiger partial charge in [-0.05, 0) is 25.3 Å². The lowest BCUT2D eigenvalue weighted by Crippen LogP contribution is -2.16. The molecule has 1 aliphatic rings. The minimum Gasteiger partial charge on any atom is -0.493 e. The average Bonchev–Trinajstić information content (AvgIpc) is 3.03. The first-order chi connectivity index (χ1) is 13.1. The number of nitrogen functional groups attached to an aromatic ring is 1. The van der Waals surface area contributed by atoms with E-state index in [9.17, 15) is 0 Å². The molecule has 1 saturated carbocycles. The highest BCUT2D eigenvalue weighted by Crippen LogP contribution is 2.41. The van der Waals surface area contributed by atoms with Gasteiger partial charge in [0.25, 0.3) is 0 Å². The number of benzene rings is 1. The van der Waals surface area contributed by atoms with Crippen molar-refractivity contribution in [2.45, 2.75) is 25.3 Å². The summed E-state index contributed by atoms with van der Waals surface area (Å²) in [5, 5.41) is 4.07. The van der Waals surface area contributed by atoms with Gasteiger partial charge in [-0.15, -0.1) is 0 Å². The number of fused-ring (bicyclic) bond motifs is 1. The molecule has 0 aliphatic heterocycles. The molecule has 8 heteroatoms. The lowest BCUT2D eigenvalue weighted by atomic mass is 9.93. The summed E-state index contributed by atoms with van der Waals surface area (Å²) in [6, 6.07) is 6.07. The van der Waals surface area contributed by atoms with Gasteiger partial charge in [-0.2, -0.15) is 9.97 Å². The molecule has 0 atom stereocenters. The Morgan fingerprint density at radius 1 is 1.07 bits per heavy atom. The standard InChI is InChI=1S/C19H23N5O3/c1-25-14-9-11(10-15(26-2)16(14)27-3)21-19-22-17(20)13-7-8-24(18(13)23-19)12-5-4-6-12/h7-10,12H,4-6H2,1-3H3,(H3,20,21,22,23). The van der Waals surface area contributed by atoms with Crippen LogP contribution in [-0.4, -0.2) is 35.9 Å². The van der Waals surface area contributed by atoms with Crippen LogP contribution < -0.4 is 25.3 Å². The van der Waals surface area contributed by atoms with Gasteiger partial charge in [-0.1, -0.05) is 0 Å². The normalized spacial score (nSPS) is 14.0. The number of hydrogen-bond donors (Lipinski definition) is 2. The van der Waals surface area contributed by atoms with E-state index in [0.29, 0.717) is 40.7 Å². The molecule has 0 bridgehead atoms. The van der Waals surface area contributed by atoms with Crippen LogP contribution in [0, 0.1) is 0 Å². The summed E-state index contributed by atoms with van der Waals surface area (Å²) in [5.74, 6) is 2.50. The molecule has 1 fully saturated rings. The van der Waals surface area contributed by atoms with Crippen molar-refractivity contribution in [1.29, 1.82) is 0 Å². The maximum absolute atomic E-state index is 6.17. The minimum absolute atomic E-state index is 0.425. The van der Waals surface area contributed by atoms with Crippen LogP contribution >= 0.6 is 0 Å². The van der Waals surface area contributed by atoms with Crippen LogP contribution in [-0.2, 0) is 0 Å². The largest absolute Gasteiger partial charge is 0.493 e. The molecule has 3 N–H and O–H groups in total. The maximum atomic E-state index is 6.17. The van der Waals surface area contributed by atoms with Gasteiger partial charge in [0, 0.05) is 30.1 Å². The van der Waals surface area contributed by atoms with E-state index in [2.05, 4.69) is 14.9 Å². The fraction of sp³-hybridized carbons (Fsp3) is 0.368. The monoisotopic (exact) mass is 369 g/mol. The predicted molar refractivity (Wildman–Crippen MR) is 104 cm³/mol. The van der Waals surface area contributed by atoms with Crippen molar-refractivity contribution in [2.24, 2.45) is 0 Å². The number of hydrogen-bond acceptors (Lipinski definition) is 7. The summed E-state index contributed by atoms with van der Waals surface area (Å²) in [5.41, 5.74) is 7.73. The first kappa shape index (κ1) is 17.3. The molecule has 0 saturated heterocycles. The van der Waals surface area contributed by atoms with Gasteiger partial charge in [-0.3, -0.25) is 0 Å². The highest BCUT2D eigenvalue weighted by Gasteiger charge is 2.22. The van der Waals surface area contributed by atoms with E-state index < -0.39 is 0 Å². The van der Waals surface area contributed by atoms with E-state index >= 15 is 0 Å². The van der Waals surface area contributed by atoms with Crippen molar-refractivity contribution < 1.29 is 14.2 Å². The maximum Gasteiger partial charge on any atom is 0.231 e. The lowest BCUT2D eigenvalue weighted by molar-refractivity contribution is 0.320. The van der Waals surface area contributed by atoms with Crippen molar-refractivity contribution in [3.63, 3.8) is 0 Å². The number of nitrogens with zero attached hydrogens (tertiary/aromatic N) is 3. The molecule has 8 nitrogen and oxygen atoms in total. The van der Waals surface area contributed by atoms with Gasteiger partial charge in [-0.25, -0.2) is 0 Å². The van der Waals surface area contributed by atoms with Crippen LogP contribution in [0.25, 0.3) is 11.0 Å². The van der Waals surface area contributed by atoms with Gasteiger partial charge in [0.1, 0.15) is 11.5 Å². The Kier molecular flexibility index (Phi) is 4.39. The van der Waals surface area contributed by atoms with Crippen molar-refractivity contribution in [3.8, 4) is 17.2 Å². The Balaban J connectivity index is 1.73. The summed E-state index contributed by atoms with van der Waals surface area (Å²) < 4.78 is 18.3. The summed E-state index contributed by atoms with van der Waals surface area (Å²) in [4.78, 5) is 9.09. The summed E-state index contributed by atoms with van der Waals surface area (Å²) in [7, 11) is 4.72. The fourth-order valence-electron chi connectivity index (χ4n) is 3.35. The van der Waals surface area contributed by atoms with Crippen molar-refractivity contribution >= 4 is 28.5 Å². The third kappa shape index (κ3) is 2.97. The second kappa shape index (κ2) is 6.86. The molecule has 3 aromatic rings. The molecule has 4 rings (SSSR count). The molecule has 1 aliphatic carbocycles. The van der Waals surface area contributed by atoms with E-state index in [0.717, 1.165) is 11.0 Å². The highest BCUT2D eigenvalue weighted by molar-refractivity contribution is 5.88. The number of methoxy groups -OCH3 is 3. The quantitative estimate of drug-likeness (QED) is 0.686. The lowest BCUT2D eigenvalue weighted by Gasteiger charge is -2.27. The summed E-state index contributed by atoms with van der Waals surface area (Å²) in [6.45, 7) is 0. The zero-order valence-corrected chi connectivity index (χ0v) is 15.7. The molecule has 0 spiro atoms. The van der Waals surface area contributed by atoms with Crippen LogP contribution in [0.3, 0.4) is 0 Å². The highest BCUT2D eigenvalue weighted by atomic mass is 16.5. The molecule has 142 valence electrons. The number of aromatic nitrogens is 3. The van der Waals surface area contributed by atoms with Crippen LogP contribution in [0.2, 0.25) is 0 Å². The smallest absolute Gasteiger partial charge is 0.231 e. The SMILES string of the molecule is COc1cc(Nc2nc(N)c3ccn(C4CCC4)c3n2)cc(OC)c1OC. The Hall–Kier alpha value is -3.16. The molecule has 0 radical (unpaired) electrons. The third-order valence-electron chi connectivity index (χ3n) is 4.99. The van der Waals surface area contributed by atoms with E-state index in [1.54, 1.807) is 33.5 Å². The number of ether oxygens (including phenoxy) is 3. The number of anilines is 3. The Morgan fingerprint density at radius 3 is 2.33 bits per heavy atom. The molecule has 0 amide bonds. The molecular formula is C19H23N5O3. The van der Waals surface area contributed by atoms with Crippen LogP contribution in [0.4, 0.5) is 17.5 Å². The minimum atomic E-state index is 0.425. The van der Waals surface area contributed by atoms with E-state index in [1.807, 2.05) is 12.3 Å². The zero-order valence-electron chi connectivity index (χ0n) is 15.7. The molecule has 0 unspecified atom stereocenters. The summed E-state index contributed by atoms with van der Waals surface area (Å²) >= 11 is 0. The first-order valence-corrected chi connectivity index (χ1v) is 8.85. The Bertz CT molecular complexity index is 956. The van der Waals surface area contributed by atoms with Gasteiger partial charge in [0.2, 0.25) is 11.7 Å². The number of nitrogens with two attached hydrogens (primary N) is 1. The molecule has 2 aromatic heterocycles. The number of nitrogens with one attached hydrogen (secondary N) is 1. The van der Waals surface area contributed by atoms with Crippen LogP contribution in [0.5, 0.6) is 17.2 Å². The summed E-state index contributed by atoms with van der Waals surface area (Å²) in [6.07, 6.45) is 5.64. The van der Waals surface area contributed by atoms with Crippen LogP contribution in [0.1, 0.15) is 25.3 Å². The van der Waals surface area contributed by atoms with E-state index in [4.69, 9.17) is 24.9 Å². The van der Waals surface area contributed by atoms with Gasteiger partial charge in [0.05, 0.1) is 26.7 Å².